The van der Waals surface area contributed by atoms with Crippen molar-refractivity contribution in [2.45, 2.75) is 6.92 Å². The lowest BCUT2D eigenvalue weighted by molar-refractivity contribution is 0.102. The van der Waals surface area contributed by atoms with Crippen LogP contribution in [0.2, 0.25) is 0 Å². The van der Waals surface area contributed by atoms with Crippen LogP contribution in [-0.4, -0.2) is 18.0 Å². The first-order valence-corrected chi connectivity index (χ1v) is 7.75. The predicted molar refractivity (Wildman–Crippen MR) is 95.3 cm³/mol. The van der Waals surface area contributed by atoms with E-state index < -0.39 is 0 Å². The van der Waals surface area contributed by atoms with Gasteiger partial charge in [0.25, 0.3) is 5.91 Å². The van der Waals surface area contributed by atoms with Crippen molar-refractivity contribution in [3.63, 3.8) is 0 Å². The smallest absolute Gasteiger partial charge is 0.257 e. The zero-order chi connectivity index (χ0) is 17.8. The number of methoxy groups -OCH3 is 1. The van der Waals surface area contributed by atoms with Gasteiger partial charge in [0, 0.05) is 17.4 Å². The summed E-state index contributed by atoms with van der Waals surface area (Å²) >= 11 is 0. The summed E-state index contributed by atoms with van der Waals surface area (Å²) in [5.41, 5.74) is 2.87. The van der Waals surface area contributed by atoms with E-state index in [1.165, 1.54) is 12.3 Å². The molecule has 25 heavy (non-hydrogen) atoms. The first-order chi connectivity index (χ1) is 12.1. The molecule has 1 amide bonds. The predicted octanol–water partition coefficient (Wildman–Crippen LogP) is 4.46. The molecule has 0 aliphatic heterocycles. The van der Waals surface area contributed by atoms with Gasteiger partial charge in [-0.2, -0.15) is 0 Å². The van der Waals surface area contributed by atoms with E-state index in [9.17, 15) is 9.18 Å². The second-order valence-electron chi connectivity index (χ2n) is 5.55. The van der Waals surface area contributed by atoms with Gasteiger partial charge in [0.05, 0.1) is 18.4 Å². The maximum Gasteiger partial charge on any atom is 0.257 e. The normalized spacial score (nSPS) is 10.4. The number of carbonyl (C=O) groups excluding carboxylic acids is 1. The third-order valence-electron chi connectivity index (χ3n) is 3.84. The largest absolute Gasteiger partial charge is 0.496 e. The van der Waals surface area contributed by atoms with Crippen molar-refractivity contribution < 1.29 is 13.9 Å². The quantitative estimate of drug-likeness (QED) is 0.765. The molecule has 0 aliphatic rings. The average Bonchev–Trinajstić information content (AvgIpc) is 2.65. The van der Waals surface area contributed by atoms with Crippen molar-refractivity contribution in [2.24, 2.45) is 0 Å². The Kier molecular flexibility index (Phi) is 4.75. The van der Waals surface area contributed by atoms with Crippen molar-refractivity contribution in [1.82, 2.24) is 4.98 Å². The number of ether oxygens (including phenoxy) is 1. The molecule has 0 radical (unpaired) electrons. The number of aromatic nitrogens is 1. The molecule has 0 saturated carbocycles. The molecule has 0 spiro atoms. The SMILES string of the molecule is COc1ccccc1-c1ccc(C(=O)Nc2ccc(C)c(F)c2)cn1. The maximum absolute atomic E-state index is 13.6. The van der Waals surface area contributed by atoms with Gasteiger partial charge in [0.15, 0.2) is 0 Å². The highest BCUT2D eigenvalue weighted by atomic mass is 19.1. The molecule has 0 saturated heterocycles. The Morgan fingerprint density at radius 3 is 2.60 bits per heavy atom. The zero-order valence-electron chi connectivity index (χ0n) is 13.9. The molecule has 0 unspecified atom stereocenters. The number of hydrogen-bond donors (Lipinski definition) is 1. The van der Waals surface area contributed by atoms with Gasteiger partial charge >= 0.3 is 0 Å². The fourth-order valence-electron chi connectivity index (χ4n) is 2.42. The third-order valence-corrected chi connectivity index (χ3v) is 3.84. The summed E-state index contributed by atoms with van der Waals surface area (Å²) in [6.45, 7) is 1.67. The molecular weight excluding hydrogens is 319 g/mol. The molecule has 4 nitrogen and oxygen atoms in total. The second kappa shape index (κ2) is 7.13. The Hall–Kier alpha value is -3.21. The summed E-state index contributed by atoms with van der Waals surface area (Å²) in [4.78, 5) is 16.6. The van der Waals surface area contributed by atoms with Gasteiger partial charge in [-0.05, 0) is 48.9 Å². The van der Waals surface area contributed by atoms with E-state index >= 15 is 0 Å². The summed E-state index contributed by atoms with van der Waals surface area (Å²) in [6, 6.07) is 15.5. The van der Waals surface area contributed by atoms with Crippen LogP contribution >= 0.6 is 0 Å². The number of pyridine rings is 1. The van der Waals surface area contributed by atoms with Gasteiger partial charge in [-0.25, -0.2) is 4.39 Å². The minimum Gasteiger partial charge on any atom is -0.496 e. The molecule has 5 heteroatoms. The fourth-order valence-corrected chi connectivity index (χ4v) is 2.42. The van der Waals surface area contributed by atoms with Crippen molar-refractivity contribution in [1.29, 1.82) is 0 Å². The topological polar surface area (TPSA) is 51.2 Å². The van der Waals surface area contributed by atoms with Crippen LogP contribution in [0.25, 0.3) is 11.3 Å². The van der Waals surface area contributed by atoms with Crippen LogP contribution in [0.3, 0.4) is 0 Å². The van der Waals surface area contributed by atoms with Gasteiger partial charge < -0.3 is 10.1 Å². The summed E-state index contributed by atoms with van der Waals surface area (Å²) in [5, 5.41) is 2.66. The average molecular weight is 336 g/mol. The number of anilines is 1. The monoisotopic (exact) mass is 336 g/mol. The van der Waals surface area contributed by atoms with E-state index in [0.29, 0.717) is 28.3 Å². The van der Waals surface area contributed by atoms with Crippen molar-refractivity contribution >= 4 is 11.6 Å². The molecule has 126 valence electrons. The van der Waals surface area contributed by atoms with Crippen LogP contribution < -0.4 is 10.1 Å². The van der Waals surface area contributed by atoms with Crippen LogP contribution in [0, 0.1) is 12.7 Å². The van der Waals surface area contributed by atoms with Gasteiger partial charge in [-0.3, -0.25) is 9.78 Å². The first-order valence-electron chi connectivity index (χ1n) is 7.75. The van der Waals surface area contributed by atoms with E-state index in [1.807, 2.05) is 24.3 Å². The Labute approximate surface area is 145 Å². The number of aryl methyl sites for hydroxylation is 1. The van der Waals surface area contributed by atoms with Crippen molar-refractivity contribution in [3.8, 4) is 17.0 Å². The molecule has 0 bridgehead atoms. The van der Waals surface area contributed by atoms with Crippen LogP contribution in [0.4, 0.5) is 10.1 Å². The van der Waals surface area contributed by atoms with E-state index in [4.69, 9.17) is 4.74 Å². The highest BCUT2D eigenvalue weighted by molar-refractivity contribution is 6.04. The standard InChI is InChI=1S/C20H17FN2O2/c1-13-7-9-15(11-17(13)21)23-20(24)14-8-10-18(22-12-14)16-5-3-4-6-19(16)25-2/h3-12H,1-2H3,(H,23,24). The molecule has 1 N–H and O–H groups in total. The van der Waals surface area contributed by atoms with E-state index in [1.54, 1.807) is 38.3 Å². The molecule has 0 aliphatic carbocycles. The van der Waals surface area contributed by atoms with Crippen LogP contribution in [-0.2, 0) is 0 Å². The molecule has 2 aromatic carbocycles. The van der Waals surface area contributed by atoms with Gasteiger partial charge in [-0.15, -0.1) is 0 Å². The molecule has 3 rings (SSSR count). The number of hydrogen-bond acceptors (Lipinski definition) is 3. The van der Waals surface area contributed by atoms with E-state index in [0.717, 1.165) is 5.56 Å². The van der Waals surface area contributed by atoms with Gasteiger partial charge in [0.2, 0.25) is 0 Å². The molecule has 0 fully saturated rings. The number of halogens is 1. The van der Waals surface area contributed by atoms with Crippen molar-refractivity contribution in [3.05, 3.63) is 77.7 Å². The van der Waals surface area contributed by atoms with Crippen molar-refractivity contribution in [2.75, 3.05) is 12.4 Å². The summed E-state index contributed by atoms with van der Waals surface area (Å²) < 4.78 is 18.9. The Balaban J connectivity index is 1.79. The fraction of sp³-hybridized carbons (Fsp3) is 0.100. The molecule has 1 aromatic heterocycles. The number of amides is 1. The highest BCUT2D eigenvalue weighted by Crippen LogP contribution is 2.28. The molecule has 3 aromatic rings. The van der Waals surface area contributed by atoms with E-state index in [2.05, 4.69) is 10.3 Å². The maximum atomic E-state index is 13.6. The van der Waals surface area contributed by atoms with Crippen LogP contribution in [0.1, 0.15) is 15.9 Å². The Bertz CT molecular complexity index is 908. The lowest BCUT2D eigenvalue weighted by atomic mass is 10.1. The number of rotatable bonds is 4. The third kappa shape index (κ3) is 3.66. The van der Waals surface area contributed by atoms with E-state index in [-0.39, 0.29) is 11.7 Å². The number of nitrogens with zero attached hydrogens (tertiary/aromatic N) is 1. The minimum atomic E-state index is -0.359. The molecular formula is C20H17FN2O2. The van der Waals surface area contributed by atoms with Crippen LogP contribution in [0.15, 0.2) is 60.8 Å². The number of nitrogens with one attached hydrogen (secondary N) is 1. The second-order valence-corrected chi connectivity index (χ2v) is 5.55. The van der Waals surface area contributed by atoms with Gasteiger partial charge in [-0.1, -0.05) is 18.2 Å². The number of benzene rings is 2. The Morgan fingerprint density at radius 1 is 1.12 bits per heavy atom. The number of para-hydroxylation sites is 1. The first kappa shape index (κ1) is 16.6. The minimum absolute atomic E-state index is 0.345. The Morgan fingerprint density at radius 2 is 1.92 bits per heavy atom. The lowest BCUT2D eigenvalue weighted by Crippen LogP contribution is -2.12. The van der Waals surface area contributed by atoms with Crippen LogP contribution in [0.5, 0.6) is 5.75 Å². The summed E-state index contributed by atoms with van der Waals surface area (Å²) in [6.07, 6.45) is 1.49. The number of carbonyl (C=O) groups is 1. The molecule has 1 heterocycles. The molecule has 0 atom stereocenters. The lowest BCUT2D eigenvalue weighted by Gasteiger charge is -2.09. The van der Waals surface area contributed by atoms with Gasteiger partial charge in [0.1, 0.15) is 11.6 Å². The summed E-state index contributed by atoms with van der Waals surface area (Å²) in [5.74, 6) is 0.00658. The zero-order valence-corrected chi connectivity index (χ0v) is 13.9. The highest BCUT2D eigenvalue weighted by Gasteiger charge is 2.10. The summed E-state index contributed by atoms with van der Waals surface area (Å²) in [7, 11) is 1.60.